The number of benzene rings is 1. The van der Waals surface area contributed by atoms with Crippen molar-refractivity contribution >= 4 is 5.96 Å². The minimum absolute atomic E-state index is 0.192. The van der Waals surface area contributed by atoms with Crippen LogP contribution in [0.15, 0.2) is 41.5 Å². The van der Waals surface area contributed by atoms with Gasteiger partial charge in [0.15, 0.2) is 5.96 Å². The molecule has 0 aliphatic heterocycles. The van der Waals surface area contributed by atoms with E-state index in [-0.39, 0.29) is 11.9 Å². The molecule has 0 aliphatic carbocycles. The molecule has 148 valence electrons. The zero-order chi connectivity index (χ0) is 19.7. The minimum Gasteiger partial charge on any atom is -0.489 e. The van der Waals surface area contributed by atoms with Gasteiger partial charge in [-0.05, 0) is 37.6 Å². The molecule has 1 unspecified atom stereocenters. The highest BCUT2D eigenvalue weighted by molar-refractivity contribution is 5.79. The Morgan fingerprint density at radius 1 is 1.26 bits per heavy atom. The van der Waals surface area contributed by atoms with Crippen LogP contribution in [0.5, 0.6) is 5.75 Å². The predicted molar refractivity (Wildman–Crippen MR) is 97.6 cm³/mol. The Balaban J connectivity index is 1.95. The van der Waals surface area contributed by atoms with E-state index in [4.69, 9.17) is 4.74 Å². The third kappa shape index (κ3) is 6.84. The number of hydrogen-bond donors (Lipinski definition) is 3. The highest BCUT2D eigenvalue weighted by Gasteiger charge is 2.30. The van der Waals surface area contributed by atoms with Crippen LogP contribution in [0.1, 0.15) is 31.5 Å². The van der Waals surface area contributed by atoms with Crippen molar-refractivity contribution in [3.05, 3.63) is 47.8 Å². The van der Waals surface area contributed by atoms with Gasteiger partial charge in [0, 0.05) is 12.7 Å². The lowest BCUT2D eigenvalue weighted by atomic mass is 10.2. The number of ether oxygens (including phenoxy) is 1. The Kier molecular flexibility index (Phi) is 7.51. The summed E-state index contributed by atoms with van der Waals surface area (Å²) >= 11 is 0. The summed E-state index contributed by atoms with van der Waals surface area (Å²) in [5.74, 6) is 0.788. The molecule has 0 fully saturated rings. The summed E-state index contributed by atoms with van der Waals surface area (Å²) in [5, 5.41) is 13.0. The fourth-order valence-electron chi connectivity index (χ4n) is 2.30. The lowest BCUT2D eigenvalue weighted by Gasteiger charge is -2.20. The maximum Gasteiger partial charge on any atom is 0.416 e. The number of nitrogens with zero attached hydrogens (tertiary/aromatic N) is 2. The summed E-state index contributed by atoms with van der Waals surface area (Å²) in [6.45, 7) is 5.38. The van der Waals surface area contributed by atoms with Gasteiger partial charge in [-0.25, -0.2) is 4.99 Å². The highest BCUT2D eigenvalue weighted by atomic mass is 19.4. The molecular formula is C18H24F3N5O. The van der Waals surface area contributed by atoms with Crippen LogP contribution in [0.3, 0.4) is 0 Å². The highest BCUT2D eigenvalue weighted by Crippen LogP contribution is 2.31. The van der Waals surface area contributed by atoms with Gasteiger partial charge in [0.05, 0.1) is 24.3 Å². The fourth-order valence-corrected chi connectivity index (χ4v) is 2.30. The van der Waals surface area contributed by atoms with Crippen molar-refractivity contribution in [2.24, 2.45) is 4.99 Å². The van der Waals surface area contributed by atoms with Gasteiger partial charge in [-0.15, -0.1) is 0 Å². The maximum absolute atomic E-state index is 12.8. The summed E-state index contributed by atoms with van der Waals surface area (Å²) in [4.78, 5) is 4.43. The van der Waals surface area contributed by atoms with Gasteiger partial charge < -0.3 is 15.4 Å². The van der Waals surface area contributed by atoms with E-state index in [2.05, 4.69) is 25.8 Å². The summed E-state index contributed by atoms with van der Waals surface area (Å²) in [7, 11) is 0. The van der Waals surface area contributed by atoms with Crippen molar-refractivity contribution in [1.82, 2.24) is 20.8 Å². The number of rotatable bonds is 8. The Bertz CT molecular complexity index is 716. The molecule has 0 bridgehead atoms. The average molecular weight is 383 g/mol. The largest absolute Gasteiger partial charge is 0.489 e. The Labute approximate surface area is 156 Å². The summed E-state index contributed by atoms with van der Waals surface area (Å²) in [5.41, 5.74) is 0.150. The number of aliphatic imine (C=N–C) groups is 1. The van der Waals surface area contributed by atoms with Crippen LogP contribution in [0.4, 0.5) is 13.2 Å². The molecule has 1 atom stereocenters. The number of nitrogens with one attached hydrogen (secondary N) is 3. The lowest BCUT2D eigenvalue weighted by molar-refractivity contribution is -0.137. The van der Waals surface area contributed by atoms with E-state index < -0.39 is 11.7 Å². The third-order valence-corrected chi connectivity index (χ3v) is 3.73. The Hall–Kier alpha value is -2.71. The normalized spacial score (nSPS) is 13.3. The molecule has 27 heavy (non-hydrogen) atoms. The average Bonchev–Trinajstić information content (AvgIpc) is 3.16. The molecular weight excluding hydrogens is 359 g/mol. The molecule has 3 N–H and O–H groups in total. The van der Waals surface area contributed by atoms with Gasteiger partial charge in [-0.2, -0.15) is 18.3 Å². The monoisotopic (exact) mass is 383 g/mol. The van der Waals surface area contributed by atoms with Crippen LogP contribution < -0.4 is 15.4 Å². The van der Waals surface area contributed by atoms with Gasteiger partial charge in [0.2, 0.25) is 0 Å². The molecule has 1 aromatic carbocycles. The van der Waals surface area contributed by atoms with Gasteiger partial charge in [0.1, 0.15) is 11.9 Å². The number of aromatic amines is 1. The zero-order valence-electron chi connectivity index (χ0n) is 15.3. The number of hydrogen-bond acceptors (Lipinski definition) is 3. The molecule has 2 rings (SSSR count). The molecule has 0 radical (unpaired) electrons. The van der Waals surface area contributed by atoms with E-state index >= 15 is 0 Å². The number of guanidine groups is 1. The molecule has 0 saturated heterocycles. The quantitative estimate of drug-likeness (QED) is 0.483. The Morgan fingerprint density at radius 2 is 2.07 bits per heavy atom. The molecule has 0 saturated carbocycles. The van der Waals surface area contributed by atoms with Crippen molar-refractivity contribution in [3.8, 4) is 5.75 Å². The second kappa shape index (κ2) is 9.84. The van der Waals surface area contributed by atoms with Crippen molar-refractivity contribution in [2.45, 2.75) is 39.1 Å². The van der Waals surface area contributed by atoms with Crippen molar-refractivity contribution in [2.75, 3.05) is 13.1 Å². The van der Waals surface area contributed by atoms with Gasteiger partial charge in [-0.1, -0.05) is 13.0 Å². The van der Waals surface area contributed by atoms with Crippen LogP contribution in [-0.4, -0.2) is 35.4 Å². The summed E-state index contributed by atoms with van der Waals surface area (Å²) in [6.07, 6.45) is -2.41. The van der Waals surface area contributed by atoms with E-state index in [9.17, 15) is 13.2 Å². The minimum atomic E-state index is -4.39. The van der Waals surface area contributed by atoms with E-state index in [1.54, 1.807) is 6.20 Å². The number of aromatic nitrogens is 2. The number of alkyl halides is 3. The first kappa shape index (κ1) is 20.6. The molecule has 0 amide bonds. The Morgan fingerprint density at radius 3 is 2.70 bits per heavy atom. The molecule has 6 nitrogen and oxygen atoms in total. The molecule has 9 heteroatoms. The van der Waals surface area contributed by atoms with E-state index in [0.29, 0.717) is 32.0 Å². The van der Waals surface area contributed by atoms with Gasteiger partial charge >= 0.3 is 6.18 Å². The SMILES string of the molecule is CCNC(=NCc1ccn[nH]1)NCC(CC)Oc1cccc(C(F)(F)F)c1. The first-order valence-corrected chi connectivity index (χ1v) is 8.76. The van der Waals surface area contributed by atoms with Crippen molar-refractivity contribution in [3.63, 3.8) is 0 Å². The molecule has 0 spiro atoms. The van der Waals surface area contributed by atoms with Gasteiger partial charge in [0.25, 0.3) is 0 Å². The molecule has 0 aliphatic rings. The van der Waals surface area contributed by atoms with E-state index in [1.165, 1.54) is 12.1 Å². The van der Waals surface area contributed by atoms with Crippen LogP contribution in [0, 0.1) is 0 Å². The fraction of sp³-hybridized carbons (Fsp3) is 0.444. The van der Waals surface area contributed by atoms with Gasteiger partial charge in [-0.3, -0.25) is 5.10 Å². The summed E-state index contributed by atoms with van der Waals surface area (Å²) in [6, 6.07) is 6.74. The maximum atomic E-state index is 12.8. The topological polar surface area (TPSA) is 74.3 Å². The number of H-pyrrole nitrogens is 1. The molecule has 1 aromatic heterocycles. The first-order valence-electron chi connectivity index (χ1n) is 8.76. The van der Waals surface area contributed by atoms with Crippen molar-refractivity contribution < 1.29 is 17.9 Å². The summed E-state index contributed by atoms with van der Waals surface area (Å²) < 4.78 is 44.2. The standard InChI is InChI=1S/C18H24F3N5O/c1-3-15(27-16-7-5-6-13(10-16)18(19,20)21)12-24-17(22-4-2)23-11-14-8-9-25-26-14/h5-10,15H,3-4,11-12H2,1-2H3,(H,25,26)(H2,22,23,24). The van der Waals surface area contributed by atoms with Crippen LogP contribution in [0.25, 0.3) is 0 Å². The van der Waals surface area contributed by atoms with Crippen LogP contribution in [0.2, 0.25) is 0 Å². The smallest absolute Gasteiger partial charge is 0.416 e. The van der Waals surface area contributed by atoms with E-state index in [0.717, 1.165) is 17.8 Å². The third-order valence-electron chi connectivity index (χ3n) is 3.73. The van der Waals surface area contributed by atoms with Crippen molar-refractivity contribution in [1.29, 1.82) is 0 Å². The zero-order valence-corrected chi connectivity index (χ0v) is 15.3. The molecule has 2 aromatic rings. The van der Waals surface area contributed by atoms with Crippen LogP contribution in [-0.2, 0) is 12.7 Å². The second-order valence-electron chi connectivity index (χ2n) is 5.83. The molecule has 1 heterocycles. The van der Waals surface area contributed by atoms with Crippen LogP contribution >= 0.6 is 0 Å². The number of halogens is 3. The lowest BCUT2D eigenvalue weighted by Crippen LogP contribution is -2.42. The predicted octanol–water partition coefficient (Wildman–Crippen LogP) is 3.34. The second-order valence-corrected chi connectivity index (χ2v) is 5.83. The first-order chi connectivity index (χ1) is 12.9. The van der Waals surface area contributed by atoms with E-state index in [1.807, 2.05) is 19.9 Å².